The van der Waals surface area contributed by atoms with E-state index in [1.807, 2.05) is 25.1 Å². The zero-order valence-electron chi connectivity index (χ0n) is 11.2. The van der Waals surface area contributed by atoms with Crippen molar-refractivity contribution in [3.8, 4) is 0 Å². The van der Waals surface area contributed by atoms with Crippen LogP contribution in [0.1, 0.15) is 25.8 Å². The molecular formula is C14H21BrN2O. The number of carbonyl (C=O) groups is 1. The number of rotatable bonds is 6. The monoisotopic (exact) mass is 312 g/mol. The Balaban J connectivity index is 2.33. The molecule has 0 saturated heterocycles. The lowest BCUT2D eigenvalue weighted by Crippen LogP contribution is -2.31. The van der Waals surface area contributed by atoms with Gasteiger partial charge in [-0.05, 0) is 43.0 Å². The van der Waals surface area contributed by atoms with Gasteiger partial charge in [-0.1, -0.05) is 29.8 Å². The van der Waals surface area contributed by atoms with Gasteiger partial charge in [-0.15, -0.1) is 0 Å². The second-order valence-electron chi connectivity index (χ2n) is 4.85. The van der Waals surface area contributed by atoms with Gasteiger partial charge in [0.2, 0.25) is 5.91 Å². The highest BCUT2D eigenvalue weighted by Gasteiger charge is 2.03. The molecule has 100 valence electrons. The smallest absolute Gasteiger partial charge is 0.239 e. The Hall–Kier alpha value is -1.03. The molecule has 1 aromatic rings. The largest absolute Gasteiger partial charge is 0.376 e. The molecule has 0 aliphatic rings. The number of amides is 1. The van der Waals surface area contributed by atoms with Crippen molar-refractivity contribution < 1.29 is 4.79 Å². The summed E-state index contributed by atoms with van der Waals surface area (Å²) in [5.41, 5.74) is 2.12. The van der Waals surface area contributed by atoms with E-state index in [2.05, 4.69) is 40.4 Å². The number of aryl methyl sites for hydroxylation is 1. The van der Waals surface area contributed by atoms with Crippen LogP contribution in [0.4, 0.5) is 5.69 Å². The second-order valence-corrected chi connectivity index (χ2v) is 5.76. The summed E-state index contributed by atoms with van der Waals surface area (Å²) < 4.78 is 1.05. The van der Waals surface area contributed by atoms with Crippen LogP contribution in [0.5, 0.6) is 0 Å². The normalized spacial score (nSPS) is 10.5. The molecule has 0 saturated carbocycles. The Bertz CT molecular complexity index is 405. The fourth-order valence-electron chi connectivity index (χ4n) is 1.56. The van der Waals surface area contributed by atoms with Crippen LogP contribution in [-0.2, 0) is 4.79 Å². The lowest BCUT2D eigenvalue weighted by atomic mass is 10.1. The first kappa shape index (κ1) is 15.0. The van der Waals surface area contributed by atoms with E-state index in [1.54, 1.807) is 0 Å². The maximum absolute atomic E-state index is 11.6. The molecule has 1 aromatic carbocycles. The van der Waals surface area contributed by atoms with Crippen molar-refractivity contribution in [2.75, 3.05) is 18.4 Å². The number of benzene rings is 1. The van der Waals surface area contributed by atoms with Gasteiger partial charge in [-0.2, -0.15) is 0 Å². The van der Waals surface area contributed by atoms with Crippen LogP contribution in [0, 0.1) is 12.8 Å². The molecule has 0 spiro atoms. The van der Waals surface area contributed by atoms with Gasteiger partial charge in [0.05, 0.1) is 6.54 Å². The first-order valence-electron chi connectivity index (χ1n) is 6.25. The summed E-state index contributed by atoms with van der Waals surface area (Å²) in [6.07, 6.45) is 1.02. The zero-order valence-corrected chi connectivity index (χ0v) is 12.8. The summed E-state index contributed by atoms with van der Waals surface area (Å²) >= 11 is 3.42. The highest BCUT2D eigenvalue weighted by Crippen LogP contribution is 2.19. The van der Waals surface area contributed by atoms with Gasteiger partial charge in [-0.25, -0.2) is 0 Å². The van der Waals surface area contributed by atoms with E-state index in [4.69, 9.17) is 0 Å². The van der Waals surface area contributed by atoms with Gasteiger partial charge < -0.3 is 10.6 Å². The van der Waals surface area contributed by atoms with E-state index in [0.717, 1.165) is 28.7 Å². The van der Waals surface area contributed by atoms with Gasteiger partial charge in [0, 0.05) is 16.7 Å². The molecule has 4 heteroatoms. The van der Waals surface area contributed by atoms with Gasteiger partial charge in [-0.3, -0.25) is 4.79 Å². The Morgan fingerprint density at radius 3 is 2.72 bits per heavy atom. The van der Waals surface area contributed by atoms with Crippen LogP contribution in [-0.4, -0.2) is 19.0 Å². The molecule has 0 unspecified atom stereocenters. The number of anilines is 1. The Morgan fingerprint density at radius 2 is 2.11 bits per heavy atom. The predicted octanol–water partition coefficient (Wildman–Crippen LogP) is 3.33. The average molecular weight is 313 g/mol. The number of hydrogen-bond acceptors (Lipinski definition) is 2. The molecule has 3 nitrogen and oxygen atoms in total. The maximum Gasteiger partial charge on any atom is 0.239 e. The summed E-state index contributed by atoms with van der Waals surface area (Å²) in [6, 6.07) is 5.96. The third-order valence-electron chi connectivity index (χ3n) is 2.67. The Morgan fingerprint density at radius 1 is 1.39 bits per heavy atom. The highest BCUT2D eigenvalue weighted by atomic mass is 79.9. The molecule has 0 aliphatic carbocycles. The van der Waals surface area contributed by atoms with Crippen LogP contribution in [0.2, 0.25) is 0 Å². The first-order valence-corrected chi connectivity index (χ1v) is 7.05. The van der Waals surface area contributed by atoms with Crippen molar-refractivity contribution in [2.24, 2.45) is 5.92 Å². The number of halogens is 1. The first-order chi connectivity index (χ1) is 8.49. The van der Waals surface area contributed by atoms with E-state index in [0.29, 0.717) is 12.5 Å². The average Bonchev–Trinajstić information content (AvgIpc) is 2.27. The molecular weight excluding hydrogens is 292 g/mol. The highest BCUT2D eigenvalue weighted by molar-refractivity contribution is 9.10. The van der Waals surface area contributed by atoms with Crippen molar-refractivity contribution in [2.45, 2.75) is 27.2 Å². The van der Waals surface area contributed by atoms with Crippen molar-refractivity contribution in [3.05, 3.63) is 28.2 Å². The van der Waals surface area contributed by atoms with E-state index in [9.17, 15) is 4.79 Å². The number of carbonyl (C=O) groups excluding carboxylic acids is 1. The molecule has 0 fully saturated rings. The minimum absolute atomic E-state index is 0.0398. The summed E-state index contributed by atoms with van der Waals surface area (Å²) in [7, 11) is 0. The molecule has 2 N–H and O–H groups in total. The van der Waals surface area contributed by atoms with Crippen LogP contribution < -0.4 is 10.6 Å². The van der Waals surface area contributed by atoms with Gasteiger partial charge >= 0.3 is 0 Å². The number of hydrogen-bond donors (Lipinski definition) is 2. The van der Waals surface area contributed by atoms with Gasteiger partial charge in [0.15, 0.2) is 0 Å². The Kier molecular flexibility index (Phi) is 6.19. The minimum Gasteiger partial charge on any atom is -0.376 e. The molecule has 0 radical (unpaired) electrons. The van der Waals surface area contributed by atoms with E-state index in [1.165, 1.54) is 0 Å². The van der Waals surface area contributed by atoms with E-state index >= 15 is 0 Å². The maximum atomic E-state index is 11.6. The van der Waals surface area contributed by atoms with Crippen LogP contribution in [0.25, 0.3) is 0 Å². The van der Waals surface area contributed by atoms with Gasteiger partial charge in [0.1, 0.15) is 0 Å². The standard InChI is InChI=1S/C14H21BrN2O/c1-10(2)6-7-16-14(18)9-17-13-5-4-12(15)8-11(13)3/h4-5,8,10,17H,6-7,9H2,1-3H3,(H,16,18). The van der Waals surface area contributed by atoms with E-state index < -0.39 is 0 Å². The summed E-state index contributed by atoms with van der Waals surface area (Å²) in [6.45, 7) is 7.38. The molecule has 0 heterocycles. The third kappa shape index (κ3) is 5.54. The minimum atomic E-state index is 0.0398. The third-order valence-corrected chi connectivity index (χ3v) is 3.16. The van der Waals surface area contributed by atoms with Crippen molar-refractivity contribution in [1.29, 1.82) is 0 Å². The molecule has 1 rings (SSSR count). The van der Waals surface area contributed by atoms with Crippen molar-refractivity contribution >= 4 is 27.5 Å². The summed E-state index contributed by atoms with van der Waals surface area (Å²) in [4.78, 5) is 11.6. The fourth-order valence-corrected chi connectivity index (χ4v) is 2.04. The molecule has 0 bridgehead atoms. The van der Waals surface area contributed by atoms with Crippen LogP contribution >= 0.6 is 15.9 Å². The second kappa shape index (κ2) is 7.41. The van der Waals surface area contributed by atoms with Gasteiger partial charge in [0.25, 0.3) is 0 Å². The molecule has 1 amide bonds. The Labute approximate surface area is 117 Å². The van der Waals surface area contributed by atoms with Crippen molar-refractivity contribution in [1.82, 2.24) is 5.32 Å². The molecule has 18 heavy (non-hydrogen) atoms. The lowest BCUT2D eigenvalue weighted by Gasteiger charge is -2.11. The lowest BCUT2D eigenvalue weighted by molar-refractivity contribution is -0.119. The SMILES string of the molecule is Cc1cc(Br)ccc1NCC(=O)NCCC(C)C. The van der Waals surface area contributed by atoms with E-state index in [-0.39, 0.29) is 5.91 Å². The topological polar surface area (TPSA) is 41.1 Å². The van der Waals surface area contributed by atoms with Crippen LogP contribution in [0.3, 0.4) is 0 Å². The summed E-state index contributed by atoms with van der Waals surface area (Å²) in [5, 5.41) is 6.05. The zero-order chi connectivity index (χ0) is 13.5. The molecule has 0 aliphatic heterocycles. The molecule has 0 aromatic heterocycles. The van der Waals surface area contributed by atoms with Crippen LogP contribution in [0.15, 0.2) is 22.7 Å². The quantitative estimate of drug-likeness (QED) is 0.846. The van der Waals surface area contributed by atoms with Crippen molar-refractivity contribution in [3.63, 3.8) is 0 Å². The fraction of sp³-hybridized carbons (Fsp3) is 0.500. The number of nitrogens with one attached hydrogen (secondary N) is 2. The predicted molar refractivity (Wildman–Crippen MR) is 79.8 cm³/mol. The molecule has 0 atom stereocenters. The summed E-state index contributed by atoms with van der Waals surface area (Å²) in [5.74, 6) is 0.657.